The molecule has 4 nitrogen and oxygen atoms in total. The zero-order valence-electron chi connectivity index (χ0n) is 15.1. The van der Waals surface area contributed by atoms with Crippen LogP contribution in [-0.4, -0.2) is 26.7 Å². The highest BCUT2D eigenvalue weighted by Crippen LogP contribution is 2.46. The summed E-state index contributed by atoms with van der Waals surface area (Å²) in [4.78, 5) is 12.4. The molecule has 2 N–H and O–H groups in total. The molecule has 0 saturated heterocycles. The quantitative estimate of drug-likeness (QED) is 0.907. The largest absolute Gasteiger partial charge is 0.389 e. The lowest BCUT2D eigenvalue weighted by Gasteiger charge is -2.41. The molecule has 24 heavy (non-hydrogen) atoms. The van der Waals surface area contributed by atoms with E-state index in [-0.39, 0.29) is 11.7 Å². The van der Waals surface area contributed by atoms with E-state index in [1.165, 1.54) is 5.56 Å². The zero-order valence-corrected chi connectivity index (χ0v) is 15.1. The van der Waals surface area contributed by atoms with Gasteiger partial charge in [-0.3, -0.25) is 9.89 Å². The van der Waals surface area contributed by atoms with Crippen molar-refractivity contribution in [1.29, 1.82) is 0 Å². The molecular weight excluding hydrogens is 300 g/mol. The number of carbonyl (C=O) groups excluding carboxylic acids is 1. The number of aromatic nitrogens is 2. The van der Waals surface area contributed by atoms with Crippen LogP contribution in [0.5, 0.6) is 0 Å². The Labute approximate surface area is 143 Å². The highest BCUT2D eigenvalue weighted by atomic mass is 16.3. The Morgan fingerprint density at radius 2 is 1.96 bits per heavy atom. The number of H-pyrrole nitrogens is 1. The number of aliphatic hydroxyl groups is 1. The molecule has 0 bridgehead atoms. The van der Waals surface area contributed by atoms with Gasteiger partial charge in [0.1, 0.15) is 5.78 Å². The second-order valence-electron chi connectivity index (χ2n) is 7.63. The molecule has 128 valence electrons. The van der Waals surface area contributed by atoms with E-state index in [1.54, 1.807) is 13.8 Å². The number of aromatic amines is 1. The van der Waals surface area contributed by atoms with Crippen molar-refractivity contribution in [3.63, 3.8) is 0 Å². The topological polar surface area (TPSA) is 66.0 Å². The summed E-state index contributed by atoms with van der Waals surface area (Å²) in [6.45, 7) is 9.64. The van der Waals surface area contributed by atoms with Crippen molar-refractivity contribution in [3.05, 3.63) is 52.3 Å². The number of aryl methyl sites for hydroxylation is 1. The highest BCUT2D eigenvalue weighted by molar-refractivity contribution is 5.82. The standard InChI is InChI=1S/C20H26N2O2/c1-11(2)14-6-8-15(9-7-14)18-17-12(3)21-22-16(17)10-20(5,24)19(18)13(4)23/h6-9,11,18-19,24H,10H2,1-5H3,(H,21,22)/t18?,19?,20-/m1/s1. The van der Waals surface area contributed by atoms with Crippen LogP contribution in [0.25, 0.3) is 0 Å². The second kappa shape index (κ2) is 5.85. The molecule has 2 unspecified atom stereocenters. The van der Waals surface area contributed by atoms with Gasteiger partial charge in [0.05, 0.1) is 17.2 Å². The van der Waals surface area contributed by atoms with Gasteiger partial charge in [-0.2, -0.15) is 5.10 Å². The van der Waals surface area contributed by atoms with Crippen LogP contribution in [0.4, 0.5) is 0 Å². The van der Waals surface area contributed by atoms with E-state index < -0.39 is 11.5 Å². The Morgan fingerprint density at radius 3 is 2.50 bits per heavy atom. The molecule has 0 aliphatic heterocycles. The number of ketones is 1. The summed E-state index contributed by atoms with van der Waals surface area (Å²) in [5.74, 6) is -0.153. The van der Waals surface area contributed by atoms with Crippen LogP contribution in [-0.2, 0) is 11.2 Å². The summed E-state index contributed by atoms with van der Waals surface area (Å²) < 4.78 is 0. The van der Waals surface area contributed by atoms with Crippen molar-refractivity contribution in [2.24, 2.45) is 5.92 Å². The van der Waals surface area contributed by atoms with Crippen molar-refractivity contribution in [2.45, 2.75) is 58.5 Å². The molecule has 2 aromatic rings. The molecule has 1 aliphatic rings. The number of carbonyl (C=O) groups is 1. The van der Waals surface area contributed by atoms with Gasteiger partial charge in [0.2, 0.25) is 0 Å². The number of benzene rings is 1. The smallest absolute Gasteiger partial charge is 0.136 e. The van der Waals surface area contributed by atoms with E-state index in [0.717, 1.165) is 22.5 Å². The predicted octanol–water partition coefficient (Wildman–Crippen LogP) is 3.49. The Bertz CT molecular complexity index is 756. The molecular formula is C20H26N2O2. The number of rotatable bonds is 3. The third kappa shape index (κ3) is 2.69. The Kier molecular flexibility index (Phi) is 4.12. The molecule has 1 aromatic carbocycles. The third-order valence-corrected chi connectivity index (χ3v) is 5.31. The summed E-state index contributed by atoms with van der Waals surface area (Å²) in [5.41, 5.74) is 4.15. The van der Waals surface area contributed by atoms with Crippen molar-refractivity contribution in [3.8, 4) is 0 Å². The average Bonchev–Trinajstić information content (AvgIpc) is 2.85. The molecule has 0 saturated carbocycles. The van der Waals surface area contributed by atoms with E-state index in [2.05, 4.69) is 48.3 Å². The second-order valence-corrected chi connectivity index (χ2v) is 7.63. The van der Waals surface area contributed by atoms with Gasteiger partial charge in [0.15, 0.2) is 0 Å². The number of nitrogens with zero attached hydrogens (tertiary/aromatic N) is 1. The summed E-state index contributed by atoms with van der Waals surface area (Å²) in [5, 5.41) is 18.4. The van der Waals surface area contributed by atoms with Gasteiger partial charge in [0, 0.05) is 23.6 Å². The molecule has 3 rings (SSSR count). The third-order valence-electron chi connectivity index (χ3n) is 5.31. The summed E-state index contributed by atoms with van der Waals surface area (Å²) >= 11 is 0. The molecule has 0 spiro atoms. The average molecular weight is 326 g/mol. The van der Waals surface area contributed by atoms with Crippen molar-refractivity contribution >= 4 is 5.78 Å². The van der Waals surface area contributed by atoms with Gasteiger partial charge in [-0.25, -0.2) is 0 Å². The van der Waals surface area contributed by atoms with Gasteiger partial charge in [-0.15, -0.1) is 0 Å². The van der Waals surface area contributed by atoms with Crippen molar-refractivity contribution < 1.29 is 9.90 Å². The van der Waals surface area contributed by atoms with Crippen LogP contribution in [0, 0.1) is 12.8 Å². The van der Waals surface area contributed by atoms with Crippen LogP contribution in [0.1, 0.15) is 67.6 Å². The Morgan fingerprint density at radius 1 is 1.33 bits per heavy atom. The van der Waals surface area contributed by atoms with Gasteiger partial charge >= 0.3 is 0 Å². The van der Waals surface area contributed by atoms with Crippen LogP contribution < -0.4 is 0 Å². The molecule has 3 atom stereocenters. The normalized spacial score (nSPS) is 26.5. The Hall–Kier alpha value is -1.94. The fourth-order valence-electron chi connectivity index (χ4n) is 4.13. The van der Waals surface area contributed by atoms with Gasteiger partial charge in [-0.05, 0) is 37.8 Å². The van der Waals surface area contributed by atoms with Crippen LogP contribution >= 0.6 is 0 Å². The van der Waals surface area contributed by atoms with Crippen LogP contribution in [0.3, 0.4) is 0 Å². The molecule has 4 heteroatoms. The maximum atomic E-state index is 12.4. The summed E-state index contributed by atoms with van der Waals surface area (Å²) in [6, 6.07) is 8.42. The Balaban J connectivity index is 2.17. The first-order valence-electron chi connectivity index (χ1n) is 8.58. The minimum Gasteiger partial charge on any atom is -0.389 e. The fraction of sp³-hybridized carbons (Fsp3) is 0.500. The van der Waals surface area contributed by atoms with Gasteiger partial charge in [-0.1, -0.05) is 38.1 Å². The predicted molar refractivity (Wildman–Crippen MR) is 94.2 cm³/mol. The summed E-state index contributed by atoms with van der Waals surface area (Å²) in [7, 11) is 0. The molecule has 0 fully saturated rings. The highest BCUT2D eigenvalue weighted by Gasteiger charge is 2.48. The maximum Gasteiger partial charge on any atom is 0.136 e. The molecule has 1 aromatic heterocycles. The van der Waals surface area contributed by atoms with E-state index in [1.807, 2.05) is 6.92 Å². The first-order chi connectivity index (χ1) is 11.2. The minimum absolute atomic E-state index is 0.0178. The van der Waals surface area contributed by atoms with Gasteiger partial charge in [0.25, 0.3) is 0 Å². The number of hydrogen-bond donors (Lipinski definition) is 2. The molecule has 1 heterocycles. The van der Waals surface area contributed by atoms with E-state index in [0.29, 0.717) is 12.3 Å². The fourth-order valence-corrected chi connectivity index (χ4v) is 4.13. The van der Waals surface area contributed by atoms with E-state index in [9.17, 15) is 9.90 Å². The molecule has 0 radical (unpaired) electrons. The molecule has 1 aliphatic carbocycles. The van der Waals surface area contributed by atoms with Crippen molar-refractivity contribution in [1.82, 2.24) is 10.2 Å². The number of nitrogens with one attached hydrogen (secondary N) is 1. The van der Waals surface area contributed by atoms with Gasteiger partial charge < -0.3 is 5.11 Å². The SMILES string of the molecule is CC(=O)C1C(c2ccc(C(C)C)cc2)c2c(n[nH]c2C)C[C@@]1(C)O. The first kappa shape index (κ1) is 16.9. The monoisotopic (exact) mass is 326 g/mol. The number of hydrogen-bond acceptors (Lipinski definition) is 3. The maximum absolute atomic E-state index is 12.4. The minimum atomic E-state index is -1.10. The summed E-state index contributed by atoms with van der Waals surface area (Å²) in [6.07, 6.45) is 0.400. The van der Waals surface area contributed by atoms with Crippen LogP contribution in [0.2, 0.25) is 0 Å². The molecule has 0 amide bonds. The van der Waals surface area contributed by atoms with E-state index >= 15 is 0 Å². The van der Waals surface area contributed by atoms with Crippen molar-refractivity contribution in [2.75, 3.05) is 0 Å². The lowest BCUT2D eigenvalue weighted by atomic mass is 9.64. The van der Waals surface area contributed by atoms with E-state index in [4.69, 9.17) is 0 Å². The zero-order chi connectivity index (χ0) is 17.6. The lowest BCUT2D eigenvalue weighted by molar-refractivity contribution is -0.130. The first-order valence-corrected chi connectivity index (χ1v) is 8.58. The number of fused-ring (bicyclic) bond motifs is 1. The van der Waals surface area contributed by atoms with Crippen LogP contribution in [0.15, 0.2) is 24.3 Å². The lowest BCUT2D eigenvalue weighted by Crippen LogP contribution is -2.48. The number of Topliss-reactive ketones (excluding diaryl/α,β-unsaturated/α-hetero) is 1.